The van der Waals surface area contributed by atoms with Gasteiger partial charge < -0.3 is 10.2 Å². The van der Waals surface area contributed by atoms with E-state index in [9.17, 15) is 19.8 Å². The summed E-state index contributed by atoms with van der Waals surface area (Å²) in [6, 6.07) is 0. The molecule has 0 amide bonds. The normalized spacial score (nSPS) is 11.1. The fourth-order valence-electron chi connectivity index (χ4n) is 3.92. The van der Waals surface area contributed by atoms with E-state index in [1.807, 2.05) is 0 Å². The molecule has 0 unspecified atom stereocenters. The lowest BCUT2D eigenvalue weighted by molar-refractivity contribution is 0.0650. The highest BCUT2D eigenvalue weighted by atomic mass is 35.5. The van der Waals surface area contributed by atoms with Crippen LogP contribution in [0.4, 0.5) is 0 Å². The van der Waals surface area contributed by atoms with Gasteiger partial charge in [0.25, 0.3) is 0 Å². The molecule has 170 valence electrons. The Kier molecular flexibility index (Phi) is 13.1. The van der Waals surface area contributed by atoms with E-state index >= 15 is 0 Å². The molecule has 6 heteroatoms. The van der Waals surface area contributed by atoms with E-state index < -0.39 is 11.9 Å². The van der Waals surface area contributed by atoms with Gasteiger partial charge in [0.05, 0.1) is 21.2 Å². The fourth-order valence-corrected chi connectivity index (χ4v) is 4.52. The maximum absolute atomic E-state index is 12.0. The molecular formula is C24H36Cl2O4. The highest BCUT2D eigenvalue weighted by Crippen LogP contribution is 2.38. The third-order valence-electron chi connectivity index (χ3n) is 5.58. The van der Waals surface area contributed by atoms with Gasteiger partial charge in [-0.05, 0) is 36.8 Å². The quantitative estimate of drug-likeness (QED) is 0.244. The second kappa shape index (κ2) is 14.7. The number of hydrogen-bond donors (Lipinski definition) is 2. The molecule has 30 heavy (non-hydrogen) atoms. The largest absolute Gasteiger partial charge is 0.478 e. The summed E-state index contributed by atoms with van der Waals surface area (Å²) in [5.74, 6) is -2.61. The Labute approximate surface area is 191 Å². The average Bonchev–Trinajstić information content (AvgIpc) is 2.70. The SMILES string of the molecule is CCCCCCCCc1c(Cl)c(Cl)c(C(=O)O)c(C(=O)O)c1CCCCCCCC. The van der Waals surface area contributed by atoms with Gasteiger partial charge in [-0.25, -0.2) is 9.59 Å². The van der Waals surface area contributed by atoms with Crippen molar-refractivity contribution in [2.24, 2.45) is 0 Å². The van der Waals surface area contributed by atoms with Crippen molar-refractivity contribution in [1.82, 2.24) is 0 Å². The Morgan fingerprint density at radius 2 is 1.00 bits per heavy atom. The van der Waals surface area contributed by atoms with Crippen molar-refractivity contribution in [3.05, 3.63) is 32.3 Å². The fraction of sp³-hybridized carbons (Fsp3) is 0.667. The number of rotatable bonds is 16. The molecule has 0 aromatic heterocycles. The van der Waals surface area contributed by atoms with Crippen LogP contribution in [0.5, 0.6) is 0 Å². The van der Waals surface area contributed by atoms with Crippen LogP contribution in [0.2, 0.25) is 10.0 Å². The first-order valence-corrected chi connectivity index (χ1v) is 12.1. The molecule has 1 rings (SSSR count). The van der Waals surface area contributed by atoms with Crippen LogP contribution in [0.25, 0.3) is 0 Å². The minimum Gasteiger partial charge on any atom is -0.478 e. The lowest BCUT2D eigenvalue weighted by Crippen LogP contribution is -2.16. The Hall–Kier alpha value is -1.26. The van der Waals surface area contributed by atoms with Crippen molar-refractivity contribution < 1.29 is 19.8 Å². The van der Waals surface area contributed by atoms with E-state index in [-0.39, 0.29) is 21.2 Å². The highest BCUT2D eigenvalue weighted by molar-refractivity contribution is 6.44. The van der Waals surface area contributed by atoms with Crippen LogP contribution in [-0.2, 0) is 12.8 Å². The monoisotopic (exact) mass is 458 g/mol. The van der Waals surface area contributed by atoms with Crippen molar-refractivity contribution in [2.75, 3.05) is 0 Å². The number of carboxylic acid groups (broad SMARTS) is 2. The molecule has 4 nitrogen and oxygen atoms in total. The average molecular weight is 459 g/mol. The maximum Gasteiger partial charge on any atom is 0.338 e. The topological polar surface area (TPSA) is 74.6 Å². The zero-order valence-corrected chi connectivity index (χ0v) is 19.9. The zero-order chi connectivity index (χ0) is 22.5. The van der Waals surface area contributed by atoms with Gasteiger partial charge in [0, 0.05) is 0 Å². The van der Waals surface area contributed by atoms with Gasteiger partial charge in [-0.1, -0.05) is 101 Å². The summed E-state index contributed by atoms with van der Waals surface area (Å²) in [6.07, 6.45) is 14.2. The Morgan fingerprint density at radius 3 is 1.43 bits per heavy atom. The van der Waals surface area contributed by atoms with Crippen molar-refractivity contribution in [2.45, 2.75) is 104 Å². The second-order valence-corrected chi connectivity index (χ2v) is 8.74. The summed E-state index contributed by atoms with van der Waals surface area (Å²) < 4.78 is 0. The molecule has 0 bridgehead atoms. The van der Waals surface area contributed by atoms with Crippen molar-refractivity contribution in [3.8, 4) is 0 Å². The lowest BCUT2D eigenvalue weighted by atomic mass is 9.89. The first kappa shape index (κ1) is 26.8. The summed E-state index contributed by atoms with van der Waals surface area (Å²) >= 11 is 12.7. The summed E-state index contributed by atoms with van der Waals surface area (Å²) in [4.78, 5) is 23.8. The molecule has 0 fully saturated rings. The molecule has 1 aromatic rings. The summed E-state index contributed by atoms with van der Waals surface area (Å²) in [6.45, 7) is 4.34. The summed E-state index contributed by atoms with van der Waals surface area (Å²) in [5, 5.41) is 19.4. The van der Waals surface area contributed by atoms with Crippen molar-refractivity contribution in [3.63, 3.8) is 0 Å². The molecule has 0 saturated carbocycles. The van der Waals surface area contributed by atoms with Gasteiger partial charge in [0.1, 0.15) is 0 Å². The zero-order valence-electron chi connectivity index (χ0n) is 18.4. The van der Waals surface area contributed by atoms with Crippen LogP contribution in [0.3, 0.4) is 0 Å². The molecule has 0 atom stereocenters. The molecular weight excluding hydrogens is 423 g/mol. The lowest BCUT2D eigenvalue weighted by Gasteiger charge is -2.19. The van der Waals surface area contributed by atoms with E-state index in [1.165, 1.54) is 32.1 Å². The Balaban J connectivity index is 3.12. The molecule has 2 N–H and O–H groups in total. The maximum atomic E-state index is 12.0. The number of aromatic carboxylic acids is 2. The highest BCUT2D eigenvalue weighted by Gasteiger charge is 2.29. The predicted octanol–water partition coefficient (Wildman–Crippen LogP) is 8.20. The molecule has 0 heterocycles. The van der Waals surface area contributed by atoms with Gasteiger partial charge in [0.2, 0.25) is 0 Å². The van der Waals surface area contributed by atoms with Gasteiger partial charge in [-0.2, -0.15) is 0 Å². The molecule has 0 spiro atoms. The minimum atomic E-state index is -1.35. The smallest absolute Gasteiger partial charge is 0.338 e. The van der Waals surface area contributed by atoms with E-state index in [1.54, 1.807) is 0 Å². The predicted molar refractivity (Wildman–Crippen MR) is 125 cm³/mol. The van der Waals surface area contributed by atoms with E-state index in [0.29, 0.717) is 24.0 Å². The van der Waals surface area contributed by atoms with Crippen LogP contribution in [0.15, 0.2) is 0 Å². The Bertz CT molecular complexity index is 701. The van der Waals surface area contributed by atoms with Crippen LogP contribution < -0.4 is 0 Å². The molecule has 0 radical (unpaired) electrons. The minimum absolute atomic E-state index is 0.158. The standard InChI is InChI=1S/C24H36Cl2O4/c1-3-5-7-9-11-13-15-17-18(16-14-12-10-8-6-4-2)21(25)22(26)20(24(29)30)19(17)23(27)28/h3-16H2,1-2H3,(H,27,28)(H,29,30). The number of hydrogen-bond acceptors (Lipinski definition) is 2. The summed E-state index contributed by atoms with van der Waals surface area (Å²) in [7, 11) is 0. The number of carboxylic acids is 2. The first-order chi connectivity index (χ1) is 14.4. The number of carbonyl (C=O) groups is 2. The third kappa shape index (κ3) is 8.11. The first-order valence-electron chi connectivity index (χ1n) is 11.4. The van der Waals surface area contributed by atoms with Gasteiger partial charge in [0.15, 0.2) is 0 Å². The van der Waals surface area contributed by atoms with Gasteiger partial charge in [-0.3, -0.25) is 0 Å². The molecule has 1 aromatic carbocycles. The number of unbranched alkanes of at least 4 members (excludes halogenated alkanes) is 10. The number of benzene rings is 1. The van der Waals surface area contributed by atoms with Crippen LogP contribution in [0.1, 0.15) is 123 Å². The van der Waals surface area contributed by atoms with Gasteiger partial charge >= 0.3 is 11.9 Å². The van der Waals surface area contributed by atoms with Crippen LogP contribution in [0, 0.1) is 0 Å². The molecule has 0 aliphatic rings. The van der Waals surface area contributed by atoms with Crippen LogP contribution in [-0.4, -0.2) is 22.2 Å². The number of halogens is 2. The molecule has 0 aliphatic heterocycles. The Morgan fingerprint density at radius 1 is 0.600 bits per heavy atom. The van der Waals surface area contributed by atoms with Crippen molar-refractivity contribution >= 4 is 35.1 Å². The summed E-state index contributed by atoms with van der Waals surface area (Å²) in [5.41, 5.74) is 0.694. The molecule has 0 aliphatic carbocycles. The molecule has 0 saturated heterocycles. The van der Waals surface area contributed by atoms with Crippen LogP contribution >= 0.6 is 23.2 Å². The van der Waals surface area contributed by atoms with Gasteiger partial charge in [-0.15, -0.1) is 0 Å². The second-order valence-electron chi connectivity index (χ2n) is 7.98. The third-order valence-corrected chi connectivity index (χ3v) is 6.47. The van der Waals surface area contributed by atoms with E-state index in [4.69, 9.17) is 23.2 Å². The van der Waals surface area contributed by atoms with Crippen molar-refractivity contribution in [1.29, 1.82) is 0 Å². The van der Waals surface area contributed by atoms with E-state index in [2.05, 4.69) is 13.8 Å². The van der Waals surface area contributed by atoms with E-state index in [0.717, 1.165) is 44.9 Å².